The van der Waals surface area contributed by atoms with E-state index in [1.54, 1.807) is 24.3 Å². The molecule has 0 atom stereocenters. The summed E-state index contributed by atoms with van der Waals surface area (Å²) in [6, 6.07) is 13.9. The molecule has 0 unspecified atom stereocenters. The number of halogens is 1. The van der Waals surface area contributed by atoms with Crippen molar-refractivity contribution in [1.29, 1.82) is 0 Å². The van der Waals surface area contributed by atoms with Crippen molar-refractivity contribution in [1.82, 2.24) is 3.97 Å². The largest absolute Gasteiger partial charge is 0.268 e. The van der Waals surface area contributed by atoms with Crippen LogP contribution in [0.3, 0.4) is 0 Å². The van der Waals surface area contributed by atoms with Crippen LogP contribution in [0.25, 0.3) is 10.9 Å². The molecule has 0 saturated carbocycles. The van der Waals surface area contributed by atoms with E-state index in [0.717, 1.165) is 3.97 Å². The van der Waals surface area contributed by atoms with Gasteiger partial charge in [-0.15, -0.1) is 0 Å². The number of nitrogens with zero attached hydrogens (tertiary/aromatic N) is 1. The molecule has 0 bridgehead atoms. The van der Waals surface area contributed by atoms with Crippen molar-refractivity contribution in [2.24, 2.45) is 0 Å². The van der Waals surface area contributed by atoms with Gasteiger partial charge in [-0.3, -0.25) is 0 Å². The van der Waals surface area contributed by atoms with Gasteiger partial charge in [0, 0.05) is 11.6 Å². The zero-order valence-corrected chi connectivity index (χ0v) is 10.6. The molecular formula is C14H10FNO2S. The summed E-state index contributed by atoms with van der Waals surface area (Å²) in [5.41, 5.74) is 0.337. The van der Waals surface area contributed by atoms with Gasteiger partial charge in [-0.25, -0.2) is 16.8 Å². The van der Waals surface area contributed by atoms with Crippen molar-refractivity contribution in [2.45, 2.75) is 4.90 Å². The Balaban J connectivity index is 2.29. The van der Waals surface area contributed by atoms with Crippen LogP contribution in [-0.2, 0) is 10.0 Å². The minimum Gasteiger partial charge on any atom is -0.241 e. The molecule has 5 heteroatoms. The minimum absolute atomic E-state index is 0.178. The van der Waals surface area contributed by atoms with Crippen LogP contribution < -0.4 is 0 Å². The highest BCUT2D eigenvalue weighted by molar-refractivity contribution is 7.90. The summed E-state index contributed by atoms with van der Waals surface area (Å²) in [5.74, 6) is -0.431. The topological polar surface area (TPSA) is 39.1 Å². The molecule has 0 aliphatic heterocycles. The zero-order valence-electron chi connectivity index (χ0n) is 9.82. The van der Waals surface area contributed by atoms with Crippen molar-refractivity contribution in [2.75, 3.05) is 0 Å². The van der Waals surface area contributed by atoms with Crippen LogP contribution >= 0.6 is 0 Å². The van der Waals surface area contributed by atoms with Gasteiger partial charge in [-0.1, -0.05) is 24.3 Å². The smallest absolute Gasteiger partial charge is 0.241 e. The van der Waals surface area contributed by atoms with Crippen LogP contribution in [0.15, 0.2) is 65.7 Å². The molecular weight excluding hydrogens is 265 g/mol. The molecule has 0 amide bonds. The second kappa shape index (κ2) is 4.20. The van der Waals surface area contributed by atoms with Crippen LogP contribution in [0, 0.1) is 5.82 Å². The van der Waals surface area contributed by atoms with Gasteiger partial charge < -0.3 is 0 Å². The first-order chi connectivity index (χ1) is 9.10. The predicted molar refractivity (Wildman–Crippen MR) is 70.9 cm³/mol. The van der Waals surface area contributed by atoms with Crippen molar-refractivity contribution >= 4 is 20.9 Å². The summed E-state index contributed by atoms with van der Waals surface area (Å²) in [7, 11) is -3.69. The number of fused-ring (bicyclic) bond motifs is 1. The Morgan fingerprint density at radius 1 is 0.895 bits per heavy atom. The van der Waals surface area contributed by atoms with Crippen molar-refractivity contribution in [3.63, 3.8) is 0 Å². The fourth-order valence-electron chi connectivity index (χ4n) is 2.02. The first kappa shape index (κ1) is 11.9. The SMILES string of the molecule is O=S(=O)(c1ccccc1)n1ccc2c(F)cccc21. The van der Waals surface area contributed by atoms with Gasteiger partial charge in [0.25, 0.3) is 10.0 Å². The third kappa shape index (κ3) is 1.82. The molecule has 19 heavy (non-hydrogen) atoms. The predicted octanol–water partition coefficient (Wildman–Crippen LogP) is 3.02. The molecule has 2 aromatic carbocycles. The summed E-state index contributed by atoms with van der Waals surface area (Å²) in [4.78, 5) is 0.178. The van der Waals surface area contributed by atoms with Gasteiger partial charge in [0.05, 0.1) is 10.4 Å². The molecule has 0 radical (unpaired) electrons. The molecule has 0 N–H and O–H groups in total. The third-order valence-corrected chi connectivity index (χ3v) is 4.65. The lowest BCUT2D eigenvalue weighted by molar-refractivity contribution is 0.589. The Morgan fingerprint density at radius 3 is 2.37 bits per heavy atom. The highest BCUT2D eigenvalue weighted by Crippen LogP contribution is 2.23. The van der Waals surface area contributed by atoms with Gasteiger partial charge >= 0.3 is 0 Å². The first-order valence-electron chi connectivity index (χ1n) is 5.67. The second-order valence-electron chi connectivity index (χ2n) is 4.10. The Hall–Kier alpha value is -2.14. The van der Waals surface area contributed by atoms with E-state index in [2.05, 4.69) is 0 Å². The van der Waals surface area contributed by atoms with E-state index >= 15 is 0 Å². The molecule has 0 fully saturated rings. The van der Waals surface area contributed by atoms with Gasteiger partial charge in [-0.05, 0) is 30.3 Å². The van der Waals surface area contributed by atoms with E-state index in [-0.39, 0.29) is 4.90 Å². The molecule has 0 aliphatic carbocycles. The lowest BCUT2D eigenvalue weighted by Gasteiger charge is -2.07. The van der Waals surface area contributed by atoms with Crippen molar-refractivity contribution < 1.29 is 12.8 Å². The maximum absolute atomic E-state index is 13.6. The molecule has 1 aromatic heterocycles. The average molecular weight is 275 g/mol. The molecule has 3 aromatic rings. The Morgan fingerprint density at radius 2 is 1.63 bits per heavy atom. The van der Waals surface area contributed by atoms with Crippen molar-refractivity contribution in [3.8, 4) is 0 Å². The number of hydrogen-bond acceptors (Lipinski definition) is 2. The van der Waals surface area contributed by atoms with E-state index in [0.29, 0.717) is 10.9 Å². The van der Waals surface area contributed by atoms with Gasteiger partial charge in [0.1, 0.15) is 5.82 Å². The lowest BCUT2D eigenvalue weighted by Crippen LogP contribution is -2.11. The molecule has 0 saturated heterocycles. The standard InChI is InChI=1S/C14H10FNO2S/c15-13-7-4-8-14-12(13)9-10-16(14)19(17,18)11-5-2-1-3-6-11/h1-10H. The number of hydrogen-bond donors (Lipinski definition) is 0. The third-order valence-electron chi connectivity index (χ3n) is 2.94. The Labute approximate surface area is 110 Å². The molecule has 3 nitrogen and oxygen atoms in total. The summed E-state index contributed by atoms with van der Waals surface area (Å²) in [6.07, 6.45) is 1.37. The summed E-state index contributed by atoms with van der Waals surface area (Å²) in [5, 5.41) is 0.294. The van der Waals surface area contributed by atoms with Crippen LogP contribution in [0.1, 0.15) is 0 Å². The maximum atomic E-state index is 13.6. The first-order valence-corrected chi connectivity index (χ1v) is 7.11. The number of rotatable bonds is 2. The van der Waals surface area contributed by atoms with Crippen LogP contribution in [0.5, 0.6) is 0 Å². The van der Waals surface area contributed by atoms with Crippen LogP contribution in [0.2, 0.25) is 0 Å². The van der Waals surface area contributed by atoms with E-state index < -0.39 is 15.8 Å². The molecule has 0 spiro atoms. The average Bonchev–Trinajstić information content (AvgIpc) is 2.86. The molecule has 0 aliphatic rings. The fourth-order valence-corrected chi connectivity index (χ4v) is 3.39. The van der Waals surface area contributed by atoms with E-state index in [9.17, 15) is 12.8 Å². The van der Waals surface area contributed by atoms with Gasteiger partial charge in [0.2, 0.25) is 0 Å². The molecule has 3 rings (SSSR count). The number of aromatic nitrogens is 1. The van der Waals surface area contributed by atoms with Crippen LogP contribution in [-0.4, -0.2) is 12.4 Å². The normalized spacial score (nSPS) is 11.8. The second-order valence-corrected chi connectivity index (χ2v) is 5.92. The maximum Gasteiger partial charge on any atom is 0.268 e. The highest BCUT2D eigenvalue weighted by atomic mass is 32.2. The van der Waals surface area contributed by atoms with Gasteiger partial charge in [-0.2, -0.15) is 0 Å². The highest BCUT2D eigenvalue weighted by Gasteiger charge is 2.19. The van der Waals surface area contributed by atoms with Crippen LogP contribution in [0.4, 0.5) is 4.39 Å². The van der Waals surface area contributed by atoms with Crippen molar-refractivity contribution in [3.05, 3.63) is 66.6 Å². The Bertz CT molecular complexity index is 838. The van der Waals surface area contributed by atoms with E-state index in [1.807, 2.05) is 0 Å². The number of benzene rings is 2. The zero-order chi connectivity index (χ0) is 13.5. The lowest BCUT2D eigenvalue weighted by atomic mass is 10.2. The monoisotopic (exact) mass is 275 g/mol. The molecule has 1 heterocycles. The van der Waals surface area contributed by atoms with E-state index in [4.69, 9.17) is 0 Å². The molecule has 96 valence electrons. The van der Waals surface area contributed by atoms with Gasteiger partial charge in [0.15, 0.2) is 0 Å². The fraction of sp³-hybridized carbons (Fsp3) is 0. The quantitative estimate of drug-likeness (QED) is 0.721. The van der Waals surface area contributed by atoms with E-state index in [1.165, 1.54) is 36.5 Å². The summed E-state index contributed by atoms with van der Waals surface area (Å²) in [6.45, 7) is 0. The summed E-state index contributed by atoms with van der Waals surface area (Å²) >= 11 is 0. The minimum atomic E-state index is -3.69. The summed E-state index contributed by atoms with van der Waals surface area (Å²) < 4.78 is 39.6. The Kier molecular flexibility index (Phi) is 2.64.